The minimum atomic E-state index is -0.286. The minimum Gasteiger partial charge on any atom is -0.339 e. The third-order valence-electron chi connectivity index (χ3n) is 2.59. The number of nitrogens with zero attached hydrogens (tertiary/aromatic N) is 2. The van der Waals surface area contributed by atoms with Crippen molar-refractivity contribution in [3.8, 4) is 6.07 Å². The van der Waals surface area contributed by atoms with Crippen molar-refractivity contribution in [1.82, 2.24) is 4.98 Å². The van der Waals surface area contributed by atoms with Crippen molar-refractivity contribution >= 4 is 11.5 Å². The first kappa shape index (κ1) is 12.1. The van der Waals surface area contributed by atoms with Gasteiger partial charge in [0.25, 0.3) is 0 Å². The highest BCUT2D eigenvalue weighted by molar-refractivity contribution is 5.63. The second kappa shape index (κ2) is 4.84. The second-order valence-electron chi connectivity index (χ2n) is 4.05. The Kier molecular flexibility index (Phi) is 3.24. The molecule has 18 heavy (non-hydrogen) atoms. The lowest BCUT2D eigenvalue weighted by molar-refractivity contribution is 0.619. The Bertz CT molecular complexity index is 629. The molecule has 2 rings (SSSR count). The molecule has 0 aliphatic heterocycles. The number of aromatic nitrogens is 1. The van der Waals surface area contributed by atoms with E-state index in [1.54, 1.807) is 31.2 Å². The molecule has 4 heteroatoms. The molecule has 0 fully saturated rings. The van der Waals surface area contributed by atoms with Crippen LogP contribution in [0.25, 0.3) is 0 Å². The molecular weight excluding hydrogens is 229 g/mol. The summed E-state index contributed by atoms with van der Waals surface area (Å²) in [7, 11) is 0. The molecule has 0 spiro atoms. The average Bonchev–Trinajstić information content (AvgIpc) is 2.34. The summed E-state index contributed by atoms with van der Waals surface area (Å²) in [6.07, 6.45) is 0. The van der Waals surface area contributed by atoms with Gasteiger partial charge in [0.2, 0.25) is 0 Å². The Labute approximate surface area is 105 Å². The number of nitrogens with one attached hydrogen (secondary N) is 1. The zero-order chi connectivity index (χ0) is 13.1. The molecule has 1 aromatic carbocycles. The van der Waals surface area contributed by atoms with E-state index in [1.165, 1.54) is 6.07 Å². The summed E-state index contributed by atoms with van der Waals surface area (Å²) in [6, 6.07) is 10.3. The summed E-state index contributed by atoms with van der Waals surface area (Å²) in [6.45, 7) is 3.53. The Morgan fingerprint density at radius 3 is 2.67 bits per heavy atom. The van der Waals surface area contributed by atoms with Crippen LogP contribution in [0.3, 0.4) is 0 Å². The van der Waals surface area contributed by atoms with Crippen LogP contribution in [0.4, 0.5) is 15.9 Å². The van der Waals surface area contributed by atoms with E-state index in [2.05, 4.69) is 16.4 Å². The number of benzene rings is 1. The molecule has 0 saturated heterocycles. The summed E-state index contributed by atoms with van der Waals surface area (Å²) in [5.74, 6) is 0.159. The van der Waals surface area contributed by atoms with E-state index >= 15 is 0 Å². The van der Waals surface area contributed by atoms with Crippen molar-refractivity contribution in [3.05, 3.63) is 53.0 Å². The zero-order valence-electron chi connectivity index (χ0n) is 10.2. The van der Waals surface area contributed by atoms with E-state index in [1.807, 2.05) is 6.92 Å². The van der Waals surface area contributed by atoms with Gasteiger partial charge in [-0.05, 0) is 43.7 Å². The van der Waals surface area contributed by atoms with Gasteiger partial charge in [-0.25, -0.2) is 9.37 Å². The van der Waals surface area contributed by atoms with Crippen LogP contribution >= 0.6 is 0 Å². The third kappa shape index (κ3) is 2.46. The molecule has 3 nitrogen and oxygen atoms in total. The number of aryl methyl sites for hydroxylation is 2. The van der Waals surface area contributed by atoms with Crippen molar-refractivity contribution in [2.75, 3.05) is 5.32 Å². The van der Waals surface area contributed by atoms with Crippen LogP contribution in [0.5, 0.6) is 0 Å². The third-order valence-corrected chi connectivity index (χ3v) is 2.59. The van der Waals surface area contributed by atoms with Crippen LogP contribution in [0.1, 0.15) is 16.8 Å². The van der Waals surface area contributed by atoms with Gasteiger partial charge in [-0.2, -0.15) is 5.26 Å². The van der Waals surface area contributed by atoms with Gasteiger partial charge in [0.15, 0.2) is 0 Å². The van der Waals surface area contributed by atoms with E-state index in [9.17, 15) is 4.39 Å². The van der Waals surface area contributed by atoms with Gasteiger partial charge in [0.05, 0.1) is 5.56 Å². The summed E-state index contributed by atoms with van der Waals surface area (Å²) in [5.41, 5.74) is 2.39. The predicted molar refractivity (Wildman–Crippen MR) is 68.1 cm³/mol. The molecule has 0 amide bonds. The van der Waals surface area contributed by atoms with Crippen LogP contribution < -0.4 is 5.32 Å². The Hall–Kier alpha value is -2.41. The SMILES string of the molecule is Cc1ccc(C#N)c(Nc2ccc(C)c(F)c2)n1. The molecule has 0 atom stereocenters. The van der Waals surface area contributed by atoms with Crippen LogP contribution in [0, 0.1) is 31.0 Å². The largest absolute Gasteiger partial charge is 0.339 e. The predicted octanol–water partition coefficient (Wildman–Crippen LogP) is 3.45. The summed E-state index contributed by atoms with van der Waals surface area (Å²) < 4.78 is 13.4. The molecule has 90 valence electrons. The first-order chi connectivity index (χ1) is 8.60. The van der Waals surface area contributed by atoms with Crippen molar-refractivity contribution < 1.29 is 4.39 Å². The van der Waals surface area contributed by atoms with Crippen molar-refractivity contribution in [2.45, 2.75) is 13.8 Å². The van der Waals surface area contributed by atoms with Crippen LogP contribution in [0.15, 0.2) is 30.3 Å². The zero-order valence-corrected chi connectivity index (χ0v) is 10.2. The molecule has 0 radical (unpaired) electrons. The molecule has 0 bridgehead atoms. The fourth-order valence-electron chi connectivity index (χ4n) is 1.55. The van der Waals surface area contributed by atoms with Crippen LogP contribution in [-0.2, 0) is 0 Å². The normalized spacial score (nSPS) is 9.89. The first-order valence-electron chi connectivity index (χ1n) is 5.51. The number of hydrogen-bond donors (Lipinski definition) is 1. The van der Waals surface area contributed by atoms with E-state index in [0.29, 0.717) is 22.6 Å². The molecule has 1 aromatic heterocycles. The van der Waals surface area contributed by atoms with Crippen LogP contribution in [-0.4, -0.2) is 4.98 Å². The fraction of sp³-hybridized carbons (Fsp3) is 0.143. The van der Waals surface area contributed by atoms with Crippen molar-refractivity contribution in [3.63, 3.8) is 0 Å². The van der Waals surface area contributed by atoms with E-state index in [-0.39, 0.29) is 5.82 Å². The minimum absolute atomic E-state index is 0.286. The Morgan fingerprint density at radius 1 is 1.22 bits per heavy atom. The van der Waals surface area contributed by atoms with Gasteiger partial charge in [-0.3, -0.25) is 0 Å². The molecule has 1 heterocycles. The topological polar surface area (TPSA) is 48.7 Å². The van der Waals surface area contributed by atoms with E-state index in [0.717, 1.165) is 5.69 Å². The number of pyridine rings is 1. The molecule has 0 aliphatic rings. The van der Waals surface area contributed by atoms with E-state index < -0.39 is 0 Å². The molecule has 0 aliphatic carbocycles. The average molecular weight is 241 g/mol. The monoisotopic (exact) mass is 241 g/mol. The molecule has 0 unspecified atom stereocenters. The van der Waals surface area contributed by atoms with Gasteiger partial charge in [-0.1, -0.05) is 6.07 Å². The van der Waals surface area contributed by atoms with Crippen LogP contribution in [0.2, 0.25) is 0 Å². The Balaban J connectivity index is 2.36. The molecular formula is C14H12FN3. The lowest BCUT2D eigenvalue weighted by Gasteiger charge is -2.08. The van der Waals surface area contributed by atoms with E-state index in [4.69, 9.17) is 5.26 Å². The van der Waals surface area contributed by atoms with Gasteiger partial charge in [0.1, 0.15) is 17.7 Å². The van der Waals surface area contributed by atoms with Gasteiger partial charge >= 0.3 is 0 Å². The smallest absolute Gasteiger partial charge is 0.148 e. The highest BCUT2D eigenvalue weighted by Gasteiger charge is 2.06. The lowest BCUT2D eigenvalue weighted by atomic mass is 10.2. The quantitative estimate of drug-likeness (QED) is 0.876. The highest BCUT2D eigenvalue weighted by atomic mass is 19.1. The first-order valence-corrected chi connectivity index (χ1v) is 5.51. The lowest BCUT2D eigenvalue weighted by Crippen LogP contribution is -1.99. The molecule has 1 N–H and O–H groups in total. The summed E-state index contributed by atoms with van der Waals surface area (Å²) in [5, 5.41) is 11.9. The fourth-order valence-corrected chi connectivity index (χ4v) is 1.55. The maximum atomic E-state index is 13.4. The van der Waals surface area contributed by atoms with Gasteiger partial charge < -0.3 is 5.32 Å². The standard InChI is InChI=1S/C14H12FN3/c1-9-3-6-12(7-13(9)15)18-14-11(8-16)5-4-10(2)17-14/h3-7H,1-2H3,(H,17,18). The van der Waals surface area contributed by atoms with Gasteiger partial charge in [-0.15, -0.1) is 0 Å². The number of rotatable bonds is 2. The highest BCUT2D eigenvalue weighted by Crippen LogP contribution is 2.20. The molecule has 2 aromatic rings. The second-order valence-corrected chi connectivity index (χ2v) is 4.05. The number of hydrogen-bond acceptors (Lipinski definition) is 3. The number of halogens is 1. The Morgan fingerprint density at radius 2 is 2.00 bits per heavy atom. The maximum Gasteiger partial charge on any atom is 0.148 e. The van der Waals surface area contributed by atoms with Gasteiger partial charge in [0, 0.05) is 11.4 Å². The number of anilines is 2. The van der Waals surface area contributed by atoms with Crippen molar-refractivity contribution in [2.24, 2.45) is 0 Å². The summed E-state index contributed by atoms with van der Waals surface area (Å²) in [4.78, 5) is 4.24. The maximum absolute atomic E-state index is 13.4. The number of nitriles is 1. The summed E-state index contributed by atoms with van der Waals surface area (Å²) >= 11 is 0. The van der Waals surface area contributed by atoms with Crippen molar-refractivity contribution in [1.29, 1.82) is 5.26 Å². The molecule has 0 saturated carbocycles.